The highest BCUT2D eigenvalue weighted by Crippen LogP contribution is 2.20. The van der Waals surface area contributed by atoms with Crippen molar-refractivity contribution in [2.75, 3.05) is 10.6 Å². The van der Waals surface area contributed by atoms with Crippen molar-refractivity contribution in [3.8, 4) is 11.3 Å². The molecule has 26 heavy (non-hydrogen) atoms. The number of amides is 2. The van der Waals surface area contributed by atoms with Crippen molar-refractivity contribution in [3.05, 3.63) is 78.0 Å². The van der Waals surface area contributed by atoms with E-state index in [0.717, 1.165) is 11.3 Å². The number of benzene rings is 2. The van der Waals surface area contributed by atoms with E-state index in [2.05, 4.69) is 15.6 Å². The van der Waals surface area contributed by atoms with Gasteiger partial charge in [-0.25, -0.2) is 0 Å². The molecule has 0 saturated heterocycles. The maximum atomic E-state index is 12.5. The molecule has 1 heterocycles. The zero-order chi connectivity index (χ0) is 18.5. The predicted octanol–water partition coefficient (Wildman–Crippen LogP) is 4.27. The van der Waals surface area contributed by atoms with Gasteiger partial charge in [0.1, 0.15) is 0 Å². The van der Waals surface area contributed by atoms with Crippen LogP contribution < -0.4 is 10.6 Å². The minimum atomic E-state index is -0.220. The first kappa shape index (κ1) is 17.4. The SMILES string of the molecule is CC(=O)Nc1ccc(NC(=O)c2ccc(-c3ccccc3)nc2C)cc1. The molecule has 3 aromatic rings. The molecule has 0 spiro atoms. The van der Waals surface area contributed by atoms with E-state index < -0.39 is 0 Å². The molecule has 130 valence electrons. The summed E-state index contributed by atoms with van der Waals surface area (Å²) in [5.74, 6) is -0.358. The Balaban J connectivity index is 1.74. The van der Waals surface area contributed by atoms with Crippen LogP contribution in [0, 0.1) is 6.92 Å². The van der Waals surface area contributed by atoms with Gasteiger partial charge in [-0.2, -0.15) is 0 Å². The van der Waals surface area contributed by atoms with Gasteiger partial charge in [-0.15, -0.1) is 0 Å². The van der Waals surface area contributed by atoms with Crippen molar-refractivity contribution in [1.82, 2.24) is 4.98 Å². The summed E-state index contributed by atoms with van der Waals surface area (Å²) in [4.78, 5) is 28.1. The highest BCUT2D eigenvalue weighted by molar-refractivity contribution is 6.05. The smallest absolute Gasteiger partial charge is 0.257 e. The van der Waals surface area contributed by atoms with Crippen LogP contribution in [0.4, 0.5) is 11.4 Å². The van der Waals surface area contributed by atoms with Gasteiger partial charge in [0.05, 0.1) is 17.0 Å². The van der Waals surface area contributed by atoms with E-state index >= 15 is 0 Å². The highest BCUT2D eigenvalue weighted by atomic mass is 16.2. The fourth-order valence-corrected chi connectivity index (χ4v) is 2.61. The first-order valence-electron chi connectivity index (χ1n) is 8.25. The van der Waals surface area contributed by atoms with E-state index in [-0.39, 0.29) is 11.8 Å². The maximum absolute atomic E-state index is 12.5. The summed E-state index contributed by atoms with van der Waals surface area (Å²) in [6.45, 7) is 3.27. The Labute approximate surface area is 152 Å². The molecule has 0 aliphatic heterocycles. The lowest BCUT2D eigenvalue weighted by atomic mass is 10.1. The van der Waals surface area contributed by atoms with Gasteiger partial charge in [-0.05, 0) is 43.3 Å². The number of anilines is 2. The number of carbonyl (C=O) groups excluding carboxylic acids is 2. The second kappa shape index (κ2) is 7.61. The van der Waals surface area contributed by atoms with Crippen LogP contribution >= 0.6 is 0 Å². The number of hydrogen-bond donors (Lipinski definition) is 2. The molecule has 0 saturated carbocycles. The van der Waals surface area contributed by atoms with Crippen LogP contribution in [-0.4, -0.2) is 16.8 Å². The molecule has 5 heteroatoms. The predicted molar refractivity (Wildman–Crippen MR) is 103 cm³/mol. The third-order valence-corrected chi connectivity index (χ3v) is 3.86. The molecule has 0 bridgehead atoms. The molecule has 0 fully saturated rings. The molecule has 0 radical (unpaired) electrons. The number of nitrogens with one attached hydrogen (secondary N) is 2. The Hall–Kier alpha value is -3.47. The Morgan fingerprint density at radius 2 is 1.42 bits per heavy atom. The summed E-state index contributed by atoms with van der Waals surface area (Å²) in [7, 11) is 0. The summed E-state index contributed by atoms with van der Waals surface area (Å²) in [5, 5.41) is 5.53. The number of hydrogen-bond acceptors (Lipinski definition) is 3. The van der Waals surface area contributed by atoms with Gasteiger partial charge < -0.3 is 10.6 Å². The van der Waals surface area contributed by atoms with Crippen molar-refractivity contribution >= 4 is 23.2 Å². The lowest BCUT2D eigenvalue weighted by Gasteiger charge is -2.10. The van der Waals surface area contributed by atoms with Gasteiger partial charge in [0.15, 0.2) is 0 Å². The van der Waals surface area contributed by atoms with Crippen molar-refractivity contribution in [1.29, 1.82) is 0 Å². The Kier molecular flexibility index (Phi) is 5.08. The fraction of sp³-hybridized carbons (Fsp3) is 0.0952. The largest absolute Gasteiger partial charge is 0.326 e. The zero-order valence-corrected chi connectivity index (χ0v) is 14.6. The first-order chi connectivity index (χ1) is 12.5. The van der Waals surface area contributed by atoms with E-state index in [1.165, 1.54) is 6.92 Å². The highest BCUT2D eigenvalue weighted by Gasteiger charge is 2.12. The molecule has 5 nitrogen and oxygen atoms in total. The van der Waals surface area contributed by atoms with E-state index in [1.807, 2.05) is 43.3 Å². The minimum Gasteiger partial charge on any atom is -0.326 e. The molecule has 0 unspecified atom stereocenters. The summed E-state index contributed by atoms with van der Waals surface area (Å²) in [6, 6.07) is 20.4. The van der Waals surface area contributed by atoms with Crippen LogP contribution in [0.25, 0.3) is 11.3 Å². The molecule has 2 aromatic carbocycles. The van der Waals surface area contributed by atoms with Gasteiger partial charge in [-0.3, -0.25) is 14.6 Å². The fourth-order valence-electron chi connectivity index (χ4n) is 2.61. The second-order valence-electron chi connectivity index (χ2n) is 5.91. The van der Waals surface area contributed by atoms with Crippen molar-refractivity contribution in [2.24, 2.45) is 0 Å². The van der Waals surface area contributed by atoms with Crippen LogP contribution in [0.5, 0.6) is 0 Å². The molecule has 1 aromatic heterocycles. The summed E-state index contributed by atoms with van der Waals surface area (Å²) < 4.78 is 0. The monoisotopic (exact) mass is 345 g/mol. The molecular formula is C21H19N3O2. The second-order valence-corrected chi connectivity index (χ2v) is 5.91. The van der Waals surface area contributed by atoms with Gasteiger partial charge in [0, 0.05) is 23.9 Å². The summed E-state index contributed by atoms with van der Waals surface area (Å²) in [5.41, 5.74) is 4.36. The third kappa shape index (κ3) is 4.13. The van der Waals surface area contributed by atoms with Crippen LogP contribution in [0.2, 0.25) is 0 Å². The minimum absolute atomic E-state index is 0.137. The van der Waals surface area contributed by atoms with Crippen LogP contribution in [-0.2, 0) is 4.79 Å². The van der Waals surface area contributed by atoms with Crippen molar-refractivity contribution < 1.29 is 9.59 Å². The number of carbonyl (C=O) groups is 2. The Morgan fingerprint density at radius 1 is 0.808 bits per heavy atom. The van der Waals surface area contributed by atoms with E-state index in [4.69, 9.17) is 0 Å². The number of pyridine rings is 1. The molecule has 2 N–H and O–H groups in total. The van der Waals surface area contributed by atoms with Gasteiger partial charge in [0.2, 0.25) is 5.91 Å². The van der Waals surface area contributed by atoms with Crippen LogP contribution in [0.3, 0.4) is 0 Å². The molecule has 3 rings (SSSR count). The summed E-state index contributed by atoms with van der Waals surface area (Å²) >= 11 is 0. The van der Waals surface area contributed by atoms with E-state index in [0.29, 0.717) is 22.6 Å². The van der Waals surface area contributed by atoms with E-state index in [9.17, 15) is 9.59 Å². The summed E-state index contributed by atoms with van der Waals surface area (Å²) in [6.07, 6.45) is 0. The molecule has 0 aliphatic rings. The average Bonchev–Trinajstić information content (AvgIpc) is 2.63. The van der Waals surface area contributed by atoms with Crippen LogP contribution in [0.1, 0.15) is 23.0 Å². The Bertz CT molecular complexity index is 935. The number of nitrogens with zero attached hydrogens (tertiary/aromatic N) is 1. The lowest BCUT2D eigenvalue weighted by molar-refractivity contribution is -0.114. The van der Waals surface area contributed by atoms with Crippen molar-refractivity contribution in [3.63, 3.8) is 0 Å². The molecule has 0 aliphatic carbocycles. The normalized spacial score (nSPS) is 10.2. The molecule has 0 atom stereocenters. The zero-order valence-electron chi connectivity index (χ0n) is 14.6. The first-order valence-corrected chi connectivity index (χ1v) is 8.25. The molecular weight excluding hydrogens is 326 g/mol. The molecule has 2 amide bonds. The lowest BCUT2D eigenvalue weighted by Crippen LogP contribution is -2.14. The topological polar surface area (TPSA) is 71.1 Å². The number of aryl methyl sites for hydroxylation is 1. The van der Waals surface area contributed by atoms with Crippen LogP contribution in [0.15, 0.2) is 66.7 Å². The number of aromatic nitrogens is 1. The maximum Gasteiger partial charge on any atom is 0.257 e. The van der Waals surface area contributed by atoms with Crippen molar-refractivity contribution in [2.45, 2.75) is 13.8 Å². The average molecular weight is 345 g/mol. The van der Waals surface area contributed by atoms with Gasteiger partial charge >= 0.3 is 0 Å². The standard InChI is InChI=1S/C21H19N3O2/c1-14-19(12-13-20(22-14)16-6-4-3-5-7-16)21(26)24-18-10-8-17(9-11-18)23-15(2)25/h3-13H,1-2H3,(H,23,25)(H,24,26). The number of rotatable bonds is 4. The third-order valence-electron chi connectivity index (χ3n) is 3.86. The van der Waals surface area contributed by atoms with Gasteiger partial charge in [-0.1, -0.05) is 30.3 Å². The Morgan fingerprint density at radius 3 is 2.00 bits per heavy atom. The van der Waals surface area contributed by atoms with E-state index in [1.54, 1.807) is 30.3 Å². The van der Waals surface area contributed by atoms with Gasteiger partial charge in [0.25, 0.3) is 5.91 Å². The quantitative estimate of drug-likeness (QED) is 0.742.